The van der Waals surface area contributed by atoms with Gasteiger partial charge in [0.1, 0.15) is 0 Å². The summed E-state index contributed by atoms with van der Waals surface area (Å²) in [5.41, 5.74) is 4.93. The number of aliphatic hydroxyl groups is 1. The zero-order valence-corrected chi connectivity index (χ0v) is 29.8. The van der Waals surface area contributed by atoms with E-state index in [1.807, 2.05) is 33.9 Å². The quantitative estimate of drug-likeness (QED) is 0.130. The zero-order valence-electron chi connectivity index (χ0n) is 25.4. The van der Waals surface area contributed by atoms with Crippen LogP contribution in [-0.4, -0.2) is 32.0 Å². The number of carbonyl (C=O) groups is 1. The Balaban J connectivity index is 0.000000401. The third kappa shape index (κ3) is 8.58. The number of hydrogen-bond donors (Lipinski definition) is 1. The molecule has 0 atom stereocenters. The van der Waals surface area contributed by atoms with Crippen molar-refractivity contribution in [3.63, 3.8) is 0 Å². The van der Waals surface area contributed by atoms with Gasteiger partial charge in [0.15, 0.2) is 5.78 Å². The molecule has 1 N–H and O–H groups in total. The molecule has 3 rings (SSSR count). The first-order valence-electron chi connectivity index (χ1n) is 14.3. The van der Waals surface area contributed by atoms with Gasteiger partial charge in [-0.2, -0.15) is 0 Å². The second-order valence-electron chi connectivity index (χ2n) is 12.1. The van der Waals surface area contributed by atoms with E-state index >= 15 is 0 Å². The molecule has 0 saturated heterocycles. The van der Waals surface area contributed by atoms with Crippen molar-refractivity contribution in [1.29, 1.82) is 0 Å². The minimum atomic E-state index is -1.41. The maximum atomic E-state index is 11.7. The molecule has 0 bridgehead atoms. The number of fused-ring (bicyclic) bond motifs is 1. The fraction of sp³-hybridized carbons (Fsp3) is 0.562. The van der Waals surface area contributed by atoms with Crippen LogP contribution in [0.15, 0.2) is 36.2 Å². The van der Waals surface area contributed by atoms with Gasteiger partial charge in [0.2, 0.25) is 0 Å². The summed E-state index contributed by atoms with van der Waals surface area (Å²) in [7, 11) is -2.72. The summed E-state index contributed by atoms with van der Waals surface area (Å²) in [5.74, 6) is 0.547. The summed E-state index contributed by atoms with van der Waals surface area (Å²) < 4.78 is 0. The molecule has 38 heavy (non-hydrogen) atoms. The fourth-order valence-electron chi connectivity index (χ4n) is 5.60. The van der Waals surface area contributed by atoms with Crippen molar-refractivity contribution in [3.8, 4) is 11.3 Å². The van der Waals surface area contributed by atoms with Crippen molar-refractivity contribution in [2.24, 2.45) is 11.8 Å². The van der Waals surface area contributed by atoms with E-state index in [2.05, 4.69) is 64.3 Å². The molecule has 0 aliphatic carbocycles. The van der Waals surface area contributed by atoms with E-state index in [9.17, 15) is 9.90 Å². The van der Waals surface area contributed by atoms with Gasteiger partial charge in [-0.15, -0.1) is 34.9 Å². The average molecular weight is 729 g/mol. The molecule has 3 nitrogen and oxygen atoms in total. The number of aryl methyl sites for hydroxylation is 2. The Labute approximate surface area is 248 Å². The maximum Gasteiger partial charge on any atom is 0.162 e. The Hall–Kier alpha value is -1.34. The van der Waals surface area contributed by atoms with Crippen molar-refractivity contribution in [1.82, 2.24) is 4.98 Å². The number of rotatable bonds is 8. The number of ketones is 1. The van der Waals surface area contributed by atoms with Crippen molar-refractivity contribution in [3.05, 3.63) is 53.4 Å². The normalized spacial score (nSPS) is 15.8. The average Bonchev–Trinajstić information content (AvgIpc) is 2.83. The van der Waals surface area contributed by atoms with Gasteiger partial charge in [-0.3, -0.25) is 4.79 Å². The molecule has 0 spiro atoms. The van der Waals surface area contributed by atoms with Crippen LogP contribution in [0.5, 0.6) is 0 Å². The van der Waals surface area contributed by atoms with Crippen LogP contribution >= 0.6 is 0 Å². The van der Waals surface area contributed by atoms with Crippen molar-refractivity contribution < 1.29 is 30.0 Å². The Morgan fingerprint density at radius 2 is 1.53 bits per heavy atom. The molecule has 0 amide bonds. The number of pyridine rings is 1. The van der Waals surface area contributed by atoms with E-state index in [-0.39, 0.29) is 43.5 Å². The summed E-state index contributed by atoms with van der Waals surface area (Å²) in [6, 6.07) is 13.2. The molecule has 2 aromatic rings. The minimum absolute atomic E-state index is 0. The zero-order chi connectivity index (χ0) is 28.0. The Bertz CT molecular complexity index is 1080. The third-order valence-corrected chi connectivity index (χ3v) is 15.7. The number of hydrogen-bond acceptors (Lipinski definition) is 3. The van der Waals surface area contributed by atoms with Crippen LogP contribution in [0.3, 0.4) is 0 Å². The number of allylic oxidation sites excluding steroid dienone is 2. The number of aromatic nitrogens is 1. The third-order valence-electron chi connectivity index (χ3n) is 8.22. The SMILES string of the molecule is CCC(CC)C(=O)C=C(O)C(CC)CC.Cc1[c-]c(-c2nccc3c2[Si](C)(C)CC[Si]3(C)C)cc(C)c1.[Ir]. The molecule has 1 aromatic carbocycles. The second kappa shape index (κ2) is 14.9. The number of nitrogens with zero attached hydrogens (tertiary/aromatic N) is 1. The van der Waals surface area contributed by atoms with Gasteiger partial charge >= 0.3 is 0 Å². The minimum Gasteiger partial charge on any atom is -0.512 e. The monoisotopic (exact) mass is 729 g/mol. The van der Waals surface area contributed by atoms with Gasteiger partial charge in [0.05, 0.1) is 21.9 Å². The van der Waals surface area contributed by atoms with Gasteiger partial charge in [0, 0.05) is 44.2 Å². The van der Waals surface area contributed by atoms with E-state index in [1.165, 1.54) is 40.5 Å². The molecular weight excluding hydrogens is 679 g/mol. The number of carbonyl (C=O) groups excluding carboxylic acids is 1. The van der Waals surface area contributed by atoms with Crippen molar-refractivity contribution in [2.45, 2.75) is 106 Å². The first-order valence-corrected chi connectivity index (χ1v) is 20.7. The van der Waals surface area contributed by atoms with Gasteiger partial charge in [-0.05, 0) is 37.4 Å². The summed E-state index contributed by atoms with van der Waals surface area (Å²) in [5, 5.41) is 13.0. The predicted octanol–water partition coefficient (Wildman–Crippen LogP) is 7.88. The molecule has 213 valence electrons. The van der Waals surface area contributed by atoms with Crippen LogP contribution in [0.4, 0.5) is 0 Å². The molecule has 2 heterocycles. The van der Waals surface area contributed by atoms with E-state index in [4.69, 9.17) is 4.98 Å². The van der Waals surface area contributed by atoms with Crippen LogP contribution in [0, 0.1) is 31.7 Å². The molecule has 0 saturated carbocycles. The van der Waals surface area contributed by atoms with Crippen LogP contribution in [-0.2, 0) is 24.9 Å². The van der Waals surface area contributed by atoms with Gasteiger partial charge in [-0.25, -0.2) is 0 Å². The van der Waals surface area contributed by atoms with Crippen LogP contribution in [0.1, 0.15) is 64.5 Å². The first kappa shape index (κ1) is 34.7. The standard InChI is InChI=1S/C19H26NSi2.C13H24O2.Ir/c1-14-11-15(2)13-16(12-14)18-19-17(7-8-20-18)21(3,4)9-10-22(19,5)6;1-5-10(6-2)12(14)9-13(15)11(7-3)8-4;/h7-8,11-12H,9-10H2,1-6H3;9-11,14H,5-8H2,1-4H3;/q-1;;. The molecule has 1 aromatic heterocycles. The van der Waals surface area contributed by atoms with E-state index in [1.54, 1.807) is 10.4 Å². The molecule has 1 aliphatic rings. The van der Waals surface area contributed by atoms with Crippen LogP contribution in [0.2, 0.25) is 38.3 Å². The molecule has 6 heteroatoms. The molecule has 0 fully saturated rings. The van der Waals surface area contributed by atoms with E-state index < -0.39 is 16.1 Å². The summed E-state index contributed by atoms with van der Waals surface area (Å²) in [6.07, 6.45) is 6.94. The van der Waals surface area contributed by atoms with Gasteiger partial charge in [-0.1, -0.05) is 90.2 Å². The van der Waals surface area contributed by atoms with Crippen molar-refractivity contribution >= 4 is 32.3 Å². The Kier molecular flexibility index (Phi) is 13.6. The fourth-order valence-corrected chi connectivity index (χ4v) is 16.1. The number of benzene rings is 1. The van der Waals surface area contributed by atoms with E-state index in [0.29, 0.717) is 0 Å². The topological polar surface area (TPSA) is 50.2 Å². The van der Waals surface area contributed by atoms with Crippen LogP contribution < -0.4 is 10.4 Å². The van der Waals surface area contributed by atoms with Gasteiger partial charge < -0.3 is 10.1 Å². The smallest absolute Gasteiger partial charge is 0.162 e. The van der Waals surface area contributed by atoms with Crippen LogP contribution in [0.25, 0.3) is 11.3 Å². The second-order valence-corrected chi connectivity index (χ2v) is 21.7. The Morgan fingerprint density at radius 3 is 2.05 bits per heavy atom. The molecule has 0 unspecified atom stereocenters. The summed E-state index contributed by atoms with van der Waals surface area (Å²) >= 11 is 0. The summed E-state index contributed by atoms with van der Waals surface area (Å²) in [4.78, 5) is 16.5. The largest absolute Gasteiger partial charge is 0.512 e. The first-order chi connectivity index (χ1) is 17.3. The predicted molar refractivity (Wildman–Crippen MR) is 166 cm³/mol. The molecule has 1 aliphatic heterocycles. The van der Waals surface area contributed by atoms with E-state index in [0.717, 1.165) is 25.7 Å². The summed E-state index contributed by atoms with van der Waals surface area (Å²) in [6.45, 7) is 22.4. The van der Waals surface area contributed by atoms with Crippen molar-refractivity contribution in [2.75, 3.05) is 0 Å². The molecular formula is C32H50IrNO2Si2-. The van der Waals surface area contributed by atoms with Gasteiger partial charge in [0.25, 0.3) is 0 Å². The number of aliphatic hydroxyl groups excluding tert-OH is 1. The maximum absolute atomic E-state index is 11.7. The Morgan fingerprint density at radius 1 is 0.974 bits per heavy atom. The molecule has 1 radical (unpaired) electrons.